The van der Waals surface area contributed by atoms with Crippen LogP contribution < -0.4 is 0 Å². The summed E-state index contributed by atoms with van der Waals surface area (Å²) < 4.78 is 42.4. The molecule has 2 aromatic rings. The summed E-state index contributed by atoms with van der Waals surface area (Å²) in [5.41, 5.74) is 0. The van der Waals surface area contributed by atoms with Crippen molar-refractivity contribution in [3.63, 3.8) is 0 Å². The molecular formula is C20H27FN4O3S. The van der Waals surface area contributed by atoms with Crippen LogP contribution >= 0.6 is 0 Å². The lowest BCUT2D eigenvalue weighted by Crippen LogP contribution is -2.38. The smallest absolute Gasteiger partial charge is 0.243 e. The molecular weight excluding hydrogens is 395 g/mol. The Hall–Kier alpha value is -2.26. The molecule has 0 saturated carbocycles. The second kappa shape index (κ2) is 9.04. The minimum atomic E-state index is -3.78. The molecule has 0 radical (unpaired) electrons. The van der Waals surface area contributed by atoms with E-state index < -0.39 is 15.8 Å². The van der Waals surface area contributed by atoms with Crippen LogP contribution in [0.2, 0.25) is 0 Å². The van der Waals surface area contributed by atoms with E-state index in [2.05, 4.69) is 4.98 Å². The van der Waals surface area contributed by atoms with Crippen LogP contribution in [0.25, 0.3) is 0 Å². The largest absolute Gasteiger partial charge is 0.343 e. The van der Waals surface area contributed by atoms with Crippen LogP contribution in [0.3, 0.4) is 0 Å². The summed E-state index contributed by atoms with van der Waals surface area (Å²) in [7, 11) is -2.25. The first kappa shape index (κ1) is 21.4. The summed E-state index contributed by atoms with van der Waals surface area (Å²) >= 11 is 0. The van der Waals surface area contributed by atoms with E-state index in [0.29, 0.717) is 38.9 Å². The molecule has 1 aromatic carbocycles. The molecule has 1 atom stereocenters. The van der Waals surface area contributed by atoms with Gasteiger partial charge in [0.25, 0.3) is 0 Å². The first-order valence-corrected chi connectivity index (χ1v) is 11.2. The van der Waals surface area contributed by atoms with E-state index >= 15 is 0 Å². The van der Waals surface area contributed by atoms with Crippen molar-refractivity contribution in [1.82, 2.24) is 18.8 Å². The maximum Gasteiger partial charge on any atom is 0.243 e. The van der Waals surface area contributed by atoms with Gasteiger partial charge in [-0.05, 0) is 44.4 Å². The van der Waals surface area contributed by atoms with Gasteiger partial charge in [0, 0.05) is 51.5 Å². The summed E-state index contributed by atoms with van der Waals surface area (Å²) in [6, 6.07) is 4.83. The van der Waals surface area contributed by atoms with Crippen molar-refractivity contribution in [2.75, 3.05) is 20.1 Å². The van der Waals surface area contributed by atoms with Crippen LogP contribution in [-0.4, -0.2) is 59.3 Å². The number of sulfonamides is 1. The minimum Gasteiger partial charge on any atom is -0.343 e. The van der Waals surface area contributed by atoms with E-state index in [9.17, 15) is 17.6 Å². The number of nitrogens with zero attached hydrogens (tertiary/aromatic N) is 4. The zero-order valence-corrected chi connectivity index (χ0v) is 17.6. The van der Waals surface area contributed by atoms with E-state index in [1.807, 2.05) is 22.6 Å². The van der Waals surface area contributed by atoms with Crippen molar-refractivity contribution >= 4 is 15.9 Å². The molecule has 0 spiro atoms. The van der Waals surface area contributed by atoms with Crippen LogP contribution in [0.4, 0.5) is 4.39 Å². The van der Waals surface area contributed by atoms with Crippen molar-refractivity contribution in [3.8, 4) is 0 Å². The molecule has 9 heteroatoms. The number of hydrogen-bond acceptors (Lipinski definition) is 4. The molecule has 0 N–H and O–H groups in total. The summed E-state index contributed by atoms with van der Waals surface area (Å²) in [6.45, 7) is 3.61. The lowest BCUT2D eigenvalue weighted by atomic mass is 10.1. The number of carbonyl (C=O) groups excluding carboxylic acids is 1. The van der Waals surface area contributed by atoms with Gasteiger partial charge in [-0.3, -0.25) is 4.79 Å². The molecule has 1 aliphatic rings. The number of halogens is 1. The molecule has 3 rings (SSSR count). The fourth-order valence-corrected chi connectivity index (χ4v) is 5.14. The highest BCUT2D eigenvalue weighted by atomic mass is 32.2. The van der Waals surface area contributed by atoms with Crippen molar-refractivity contribution in [2.45, 2.75) is 50.1 Å². The monoisotopic (exact) mass is 422 g/mol. The summed E-state index contributed by atoms with van der Waals surface area (Å²) in [4.78, 5) is 18.5. The fourth-order valence-electron chi connectivity index (χ4n) is 3.70. The first-order chi connectivity index (χ1) is 13.8. The van der Waals surface area contributed by atoms with E-state index in [4.69, 9.17) is 0 Å². The van der Waals surface area contributed by atoms with E-state index in [-0.39, 0.29) is 16.8 Å². The molecule has 158 valence electrons. The zero-order chi connectivity index (χ0) is 21.0. The van der Waals surface area contributed by atoms with Gasteiger partial charge >= 0.3 is 0 Å². The van der Waals surface area contributed by atoms with E-state index in [1.54, 1.807) is 6.20 Å². The third kappa shape index (κ3) is 5.02. The normalized spacial score (nSPS) is 18.1. The maximum absolute atomic E-state index is 13.5. The van der Waals surface area contributed by atoms with E-state index in [0.717, 1.165) is 18.3 Å². The zero-order valence-electron chi connectivity index (χ0n) is 16.8. The summed E-state index contributed by atoms with van der Waals surface area (Å²) in [6.07, 6.45) is 5.90. The van der Waals surface area contributed by atoms with Gasteiger partial charge in [-0.2, -0.15) is 4.31 Å². The highest BCUT2D eigenvalue weighted by Gasteiger charge is 2.30. The molecule has 0 aliphatic carbocycles. The molecule has 1 fully saturated rings. The highest BCUT2D eigenvalue weighted by molar-refractivity contribution is 7.89. The number of aromatic nitrogens is 2. The quantitative estimate of drug-likeness (QED) is 0.717. The third-order valence-electron chi connectivity index (χ3n) is 5.53. The van der Waals surface area contributed by atoms with Gasteiger partial charge in [0.15, 0.2) is 0 Å². The Morgan fingerprint density at radius 3 is 2.79 bits per heavy atom. The van der Waals surface area contributed by atoms with Crippen LogP contribution in [0, 0.1) is 12.7 Å². The highest BCUT2D eigenvalue weighted by Crippen LogP contribution is 2.23. The number of carbonyl (C=O) groups is 1. The Bertz CT molecular complexity index is 960. The number of amides is 1. The number of rotatable bonds is 6. The van der Waals surface area contributed by atoms with Crippen LogP contribution in [0.15, 0.2) is 41.6 Å². The third-order valence-corrected chi connectivity index (χ3v) is 7.43. The molecule has 1 amide bonds. The van der Waals surface area contributed by atoms with Gasteiger partial charge in [0.2, 0.25) is 15.9 Å². The van der Waals surface area contributed by atoms with Crippen LogP contribution in [0.1, 0.15) is 31.5 Å². The molecule has 1 unspecified atom stereocenters. The molecule has 2 heterocycles. The topological polar surface area (TPSA) is 75.5 Å². The Balaban J connectivity index is 1.60. The average molecular weight is 423 g/mol. The van der Waals surface area contributed by atoms with Gasteiger partial charge in [0.05, 0.1) is 4.90 Å². The molecule has 7 nitrogen and oxygen atoms in total. The molecule has 29 heavy (non-hydrogen) atoms. The van der Waals surface area contributed by atoms with E-state index in [1.165, 1.54) is 29.6 Å². The summed E-state index contributed by atoms with van der Waals surface area (Å²) in [5.74, 6) is 0.359. The van der Waals surface area contributed by atoms with Gasteiger partial charge in [-0.1, -0.05) is 6.07 Å². The number of imidazole rings is 1. The molecule has 1 aromatic heterocycles. The average Bonchev–Trinajstić information content (AvgIpc) is 2.95. The molecule has 1 saturated heterocycles. The second-order valence-corrected chi connectivity index (χ2v) is 9.36. The standard InChI is InChI=1S/C20H27FN4O3S/c1-16-22-10-14-24(16)13-9-20(26)25-11-4-6-18(8-12-25)23(2)29(27,28)19-7-3-5-17(21)15-19/h3,5,7,10,14-15,18H,4,6,8-9,11-13H2,1-2H3. The van der Waals surface area contributed by atoms with Crippen molar-refractivity contribution < 1.29 is 17.6 Å². The van der Waals surface area contributed by atoms with Gasteiger partial charge < -0.3 is 9.47 Å². The predicted molar refractivity (Wildman–Crippen MR) is 107 cm³/mol. The number of aryl methyl sites for hydroxylation is 2. The van der Waals surface area contributed by atoms with Crippen LogP contribution in [-0.2, 0) is 21.4 Å². The Labute approximate surface area is 171 Å². The van der Waals surface area contributed by atoms with Gasteiger partial charge in [-0.25, -0.2) is 17.8 Å². The SMILES string of the molecule is Cc1nccn1CCC(=O)N1CCCC(N(C)S(=O)(=O)c2cccc(F)c2)CC1. The molecule has 1 aliphatic heterocycles. The summed E-state index contributed by atoms with van der Waals surface area (Å²) in [5, 5.41) is 0. The first-order valence-electron chi connectivity index (χ1n) is 9.78. The Kier molecular flexibility index (Phi) is 6.69. The second-order valence-electron chi connectivity index (χ2n) is 7.36. The fraction of sp³-hybridized carbons (Fsp3) is 0.500. The van der Waals surface area contributed by atoms with Crippen molar-refractivity contribution in [1.29, 1.82) is 0 Å². The predicted octanol–water partition coefficient (Wildman–Crippen LogP) is 2.42. The lowest BCUT2D eigenvalue weighted by Gasteiger charge is -2.27. The number of benzene rings is 1. The maximum atomic E-state index is 13.5. The van der Waals surface area contributed by atoms with Crippen molar-refractivity contribution in [3.05, 3.63) is 48.3 Å². The van der Waals surface area contributed by atoms with Crippen LogP contribution in [0.5, 0.6) is 0 Å². The lowest BCUT2D eigenvalue weighted by molar-refractivity contribution is -0.131. The number of hydrogen-bond donors (Lipinski definition) is 0. The van der Waals surface area contributed by atoms with Gasteiger partial charge in [0.1, 0.15) is 11.6 Å². The minimum absolute atomic E-state index is 0.0483. The molecule has 0 bridgehead atoms. The Morgan fingerprint density at radius 1 is 1.31 bits per heavy atom. The van der Waals surface area contributed by atoms with Crippen molar-refractivity contribution in [2.24, 2.45) is 0 Å². The Morgan fingerprint density at radius 2 is 2.10 bits per heavy atom. The number of likely N-dealkylation sites (tertiary alicyclic amines) is 1. The van der Waals surface area contributed by atoms with Gasteiger partial charge in [-0.15, -0.1) is 0 Å².